The van der Waals surface area contributed by atoms with Gasteiger partial charge in [-0.1, -0.05) is 36.3 Å². The van der Waals surface area contributed by atoms with Crippen LogP contribution < -0.4 is 0 Å². The molecule has 0 spiro atoms. The van der Waals surface area contributed by atoms with Gasteiger partial charge in [-0.3, -0.25) is 15.0 Å². The van der Waals surface area contributed by atoms with Crippen LogP contribution in [0.25, 0.3) is 11.4 Å². The quantitative estimate of drug-likeness (QED) is 0.450. The average Bonchev–Trinajstić information content (AvgIpc) is 3.20. The van der Waals surface area contributed by atoms with E-state index in [2.05, 4.69) is 28.0 Å². The highest BCUT2D eigenvalue weighted by atomic mass is 16.6. The van der Waals surface area contributed by atoms with Gasteiger partial charge in [0.25, 0.3) is 5.69 Å². The Morgan fingerprint density at radius 2 is 2.04 bits per heavy atom. The molecule has 0 saturated carbocycles. The molecule has 142 valence electrons. The molecule has 0 radical (unpaired) electrons. The summed E-state index contributed by atoms with van der Waals surface area (Å²) in [6.07, 6.45) is 0. The molecular formula is C20H19N5O3. The van der Waals surface area contributed by atoms with Gasteiger partial charge in [0.15, 0.2) is 0 Å². The minimum absolute atomic E-state index is 0.0199. The predicted octanol–water partition coefficient (Wildman–Crippen LogP) is 4.10. The number of aromatic nitrogens is 2. The Balaban J connectivity index is 1.76. The largest absolute Gasteiger partial charge is 0.338 e. The average molecular weight is 377 g/mol. The first-order chi connectivity index (χ1) is 13.5. The van der Waals surface area contributed by atoms with Crippen LogP contribution in [0, 0.1) is 21.4 Å². The molecule has 1 atom stereocenters. The zero-order valence-electron chi connectivity index (χ0n) is 15.6. The summed E-state index contributed by atoms with van der Waals surface area (Å²) in [5.41, 5.74) is 2.22. The van der Waals surface area contributed by atoms with Crippen molar-refractivity contribution in [2.45, 2.75) is 26.4 Å². The van der Waals surface area contributed by atoms with Crippen LogP contribution in [0.15, 0.2) is 53.1 Å². The number of rotatable bonds is 7. The zero-order valence-corrected chi connectivity index (χ0v) is 15.6. The fourth-order valence-corrected chi connectivity index (χ4v) is 2.94. The Hall–Kier alpha value is -3.57. The zero-order chi connectivity index (χ0) is 20.1. The van der Waals surface area contributed by atoms with Crippen molar-refractivity contribution in [3.05, 3.63) is 75.7 Å². The first kappa shape index (κ1) is 19.2. The van der Waals surface area contributed by atoms with Crippen molar-refractivity contribution in [1.82, 2.24) is 15.0 Å². The lowest BCUT2D eigenvalue weighted by Gasteiger charge is -2.26. The van der Waals surface area contributed by atoms with E-state index in [-0.39, 0.29) is 11.7 Å². The maximum atomic E-state index is 10.9. The molecule has 3 rings (SSSR count). The molecule has 0 aliphatic heterocycles. The molecule has 28 heavy (non-hydrogen) atoms. The number of non-ortho nitro benzene ring substituents is 1. The predicted molar refractivity (Wildman–Crippen MR) is 102 cm³/mol. The maximum Gasteiger partial charge on any atom is 0.270 e. The minimum Gasteiger partial charge on any atom is -0.338 e. The monoisotopic (exact) mass is 377 g/mol. The number of nitro groups is 1. The first-order valence-electron chi connectivity index (χ1n) is 8.83. The second-order valence-corrected chi connectivity index (χ2v) is 6.29. The van der Waals surface area contributed by atoms with E-state index in [1.54, 1.807) is 24.3 Å². The normalized spacial score (nSPS) is 11.9. The van der Waals surface area contributed by atoms with Crippen LogP contribution in [0.3, 0.4) is 0 Å². The molecule has 1 heterocycles. The van der Waals surface area contributed by atoms with Crippen molar-refractivity contribution in [2.24, 2.45) is 0 Å². The Bertz CT molecular complexity index is 1010. The maximum absolute atomic E-state index is 10.9. The Kier molecular flexibility index (Phi) is 5.77. The number of hydrogen-bond acceptors (Lipinski definition) is 7. The third kappa shape index (κ3) is 4.22. The molecule has 0 saturated heterocycles. The van der Waals surface area contributed by atoms with Gasteiger partial charge in [0, 0.05) is 23.7 Å². The van der Waals surface area contributed by atoms with Gasteiger partial charge >= 0.3 is 0 Å². The lowest BCUT2D eigenvalue weighted by molar-refractivity contribution is -0.384. The van der Waals surface area contributed by atoms with Crippen LogP contribution in [-0.2, 0) is 6.54 Å². The molecule has 8 heteroatoms. The van der Waals surface area contributed by atoms with E-state index in [1.807, 2.05) is 19.1 Å². The molecule has 0 amide bonds. The van der Waals surface area contributed by atoms with Gasteiger partial charge in [0.2, 0.25) is 11.7 Å². The molecule has 1 aromatic heterocycles. The van der Waals surface area contributed by atoms with Gasteiger partial charge < -0.3 is 4.52 Å². The highest BCUT2D eigenvalue weighted by Crippen LogP contribution is 2.24. The number of nitro benzene ring substituents is 1. The van der Waals surface area contributed by atoms with Gasteiger partial charge in [-0.15, -0.1) is 0 Å². The molecular weight excluding hydrogens is 358 g/mol. The van der Waals surface area contributed by atoms with Crippen LogP contribution in [-0.4, -0.2) is 26.5 Å². The lowest BCUT2D eigenvalue weighted by atomic mass is 10.1. The second-order valence-electron chi connectivity index (χ2n) is 6.29. The highest BCUT2D eigenvalue weighted by Gasteiger charge is 2.19. The topological polar surface area (TPSA) is 109 Å². The van der Waals surface area contributed by atoms with E-state index in [0.29, 0.717) is 29.4 Å². The fourth-order valence-electron chi connectivity index (χ4n) is 2.94. The van der Waals surface area contributed by atoms with E-state index in [0.717, 1.165) is 12.1 Å². The SMILES string of the molecule is CCN(Cc1nc(-c2cccc([N+](=O)[O-])c2)no1)C(C)c1ccc(C#N)cc1. The Labute approximate surface area is 162 Å². The molecule has 3 aromatic rings. The third-order valence-electron chi connectivity index (χ3n) is 4.60. The molecule has 0 fully saturated rings. The van der Waals surface area contributed by atoms with Gasteiger partial charge in [0.05, 0.1) is 23.1 Å². The van der Waals surface area contributed by atoms with E-state index in [1.165, 1.54) is 12.1 Å². The van der Waals surface area contributed by atoms with Crippen molar-refractivity contribution in [3.8, 4) is 17.5 Å². The molecule has 1 unspecified atom stereocenters. The van der Waals surface area contributed by atoms with Gasteiger partial charge in [0.1, 0.15) is 0 Å². The summed E-state index contributed by atoms with van der Waals surface area (Å²) in [6.45, 7) is 5.32. The van der Waals surface area contributed by atoms with Crippen molar-refractivity contribution in [1.29, 1.82) is 5.26 Å². The molecule has 8 nitrogen and oxygen atoms in total. The Morgan fingerprint density at radius 1 is 1.29 bits per heavy atom. The summed E-state index contributed by atoms with van der Waals surface area (Å²) in [4.78, 5) is 17.0. The van der Waals surface area contributed by atoms with E-state index < -0.39 is 4.92 Å². The van der Waals surface area contributed by atoms with Gasteiger partial charge in [-0.25, -0.2) is 0 Å². The molecule has 0 aliphatic carbocycles. The van der Waals surface area contributed by atoms with Crippen molar-refractivity contribution >= 4 is 5.69 Å². The summed E-state index contributed by atoms with van der Waals surface area (Å²) < 4.78 is 5.36. The van der Waals surface area contributed by atoms with Gasteiger partial charge in [-0.05, 0) is 31.2 Å². The van der Waals surface area contributed by atoms with Crippen molar-refractivity contribution in [2.75, 3.05) is 6.54 Å². The second kappa shape index (κ2) is 8.41. The van der Waals surface area contributed by atoms with Crippen LogP contribution in [0.4, 0.5) is 5.69 Å². The van der Waals surface area contributed by atoms with Crippen LogP contribution in [0.5, 0.6) is 0 Å². The molecule has 0 bridgehead atoms. The summed E-state index contributed by atoms with van der Waals surface area (Å²) in [5.74, 6) is 0.754. The summed E-state index contributed by atoms with van der Waals surface area (Å²) >= 11 is 0. The minimum atomic E-state index is -0.456. The highest BCUT2D eigenvalue weighted by molar-refractivity contribution is 5.58. The summed E-state index contributed by atoms with van der Waals surface area (Å²) in [6, 6.07) is 15.8. The number of benzene rings is 2. The third-order valence-corrected chi connectivity index (χ3v) is 4.60. The smallest absolute Gasteiger partial charge is 0.270 e. The van der Waals surface area contributed by atoms with Crippen molar-refractivity contribution < 1.29 is 9.45 Å². The molecule has 0 N–H and O–H groups in total. The lowest BCUT2D eigenvalue weighted by Crippen LogP contribution is -2.26. The fraction of sp³-hybridized carbons (Fsp3) is 0.250. The summed E-state index contributed by atoms with van der Waals surface area (Å²) in [7, 11) is 0. The van der Waals surface area contributed by atoms with Crippen molar-refractivity contribution in [3.63, 3.8) is 0 Å². The van der Waals surface area contributed by atoms with E-state index in [4.69, 9.17) is 9.78 Å². The molecule has 2 aromatic carbocycles. The number of nitriles is 1. The summed E-state index contributed by atoms with van der Waals surface area (Å²) in [5, 5.41) is 23.8. The standard InChI is InChI=1S/C20H19N5O3/c1-3-24(14(2)16-9-7-15(12-21)8-10-16)13-19-22-20(23-28-19)17-5-4-6-18(11-17)25(26)27/h4-11,14H,3,13H2,1-2H3. The number of nitrogens with zero attached hydrogens (tertiary/aromatic N) is 5. The van der Waals surface area contributed by atoms with Crippen LogP contribution >= 0.6 is 0 Å². The van der Waals surface area contributed by atoms with Crippen LogP contribution in [0.1, 0.15) is 36.9 Å². The van der Waals surface area contributed by atoms with Gasteiger partial charge in [-0.2, -0.15) is 10.2 Å². The molecule has 0 aliphatic rings. The first-order valence-corrected chi connectivity index (χ1v) is 8.83. The Morgan fingerprint density at radius 3 is 2.68 bits per heavy atom. The van der Waals surface area contributed by atoms with E-state index >= 15 is 0 Å². The number of hydrogen-bond donors (Lipinski definition) is 0. The van der Waals surface area contributed by atoms with E-state index in [9.17, 15) is 10.1 Å². The van der Waals surface area contributed by atoms with Crippen LogP contribution in [0.2, 0.25) is 0 Å².